The van der Waals surface area contributed by atoms with Crippen LogP contribution in [0.25, 0.3) is 0 Å². The summed E-state index contributed by atoms with van der Waals surface area (Å²) in [7, 11) is -3.22. The quantitative estimate of drug-likeness (QED) is 0.809. The van der Waals surface area contributed by atoms with Gasteiger partial charge in [-0.3, -0.25) is 4.79 Å². The molecule has 0 bridgehead atoms. The van der Waals surface area contributed by atoms with E-state index < -0.39 is 15.9 Å². The fourth-order valence-corrected chi connectivity index (χ4v) is 4.97. The van der Waals surface area contributed by atoms with Crippen LogP contribution >= 0.6 is 11.6 Å². The minimum absolute atomic E-state index is 0.00373. The molecule has 1 heterocycles. The van der Waals surface area contributed by atoms with Crippen molar-refractivity contribution in [1.29, 1.82) is 0 Å². The molecule has 0 saturated heterocycles. The molecule has 1 aromatic carbocycles. The third-order valence-corrected chi connectivity index (χ3v) is 6.43. The van der Waals surface area contributed by atoms with Crippen LogP contribution in [0.15, 0.2) is 35.7 Å². The van der Waals surface area contributed by atoms with Crippen molar-refractivity contribution in [3.63, 3.8) is 0 Å². The highest BCUT2D eigenvalue weighted by Gasteiger charge is 2.32. The molecule has 1 aromatic rings. The number of carbonyl (C=O) groups excluding carboxylic acids is 1. The van der Waals surface area contributed by atoms with Gasteiger partial charge in [0.15, 0.2) is 9.84 Å². The SMILES string of the molecule is O=C(CC1CCCCC1)N(c1ccc(Cl)cc1)[C@@H]1C=CS(=O)(=O)C1. The molecule has 24 heavy (non-hydrogen) atoms. The molecular formula is C18H22ClNO3S. The van der Waals surface area contributed by atoms with Crippen LogP contribution in [0.4, 0.5) is 5.69 Å². The highest BCUT2D eigenvalue weighted by Crippen LogP contribution is 2.30. The van der Waals surface area contributed by atoms with E-state index in [1.54, 1.807) is 35.2 Å². The van der Waals surface area contributed by atoms with Crippen molar-refractivity contribution in [3.8, 4) is 0 Å². The first kappa shape index (κ1) is 17.5. The number of sulfone groups is 1. The van der Waals surface area contributed by atoms with Crippen LogP contribution in [0, 0.1) is 5.92 Å². The minimum Gasteiger partial charge on any atom is -0.304 e. The van der Waals surface area contributed by atoms with Gasteiger partial charge in [-0.1, -0.05) is 30.9 Å². The van der Waals surface area contributed by atoms with Crippen LogP contribution < -0.4 is 4.90 Å². The second kappa shape index (κ2) is 7.28. The maximum Gasteiger partial charge on any atom is 0.227 e. The molecule has 1 aliphatic carbocycles. The maximum absolute atomic E-state index is 13.0. The van der Waals surface area contributed by atoms with Gasteiger partial charge in [0.25, 0.3) is 0 Å². The van der Waals surface area contributed by atoms with Gasteiger partial charge in [-0.05, 0) is 49.1 Å². The molecule has 0 radical (unpaired) electrons. The number of rotatable bonds is 4. The summed E-state index contributed by atoms with van der Waals surface area (Å²) in [6.07, 6.45) is 7.86. The second-order valence-corrected chi connectivity index (χ2v) is 9.04. The van der Waals surface area contributed by atoms with Gasteiger partial charge in [-0.25, -0.2) is 8.42 Å². The number of benzene rings is 1. The lowest BCUT2D eigenvalue weighted by atomic mass is 9.86. The zero-order valence-electron chi connectivity index (χ0n) is 13.5. The Kier molecular flexibility index (Phi) is 5.30. The van der Waals surface area contributed by atoms with E-state index in [1.165, 1.54) is 24.7 Å². The molecule has 1 fully saturated rings. The molecule has 130 valence electrons. The molecule has 3 rings (SSSR count). The summed E-state index contributed by atoms with van der Waals surface area (Å²) < 4.78 is 23.6. The number of halogens is 1. The van der Waals surface area contributed by atoms with Crippen molar-refractivity contribution in [2.75, 3.05) is 10.7 Å². The lowest BCUT2D eigenvalue weighted by molar-refractivity contribution is -0.120. The monoisotopic (exact) mass is 367 g/mol. The molecule has 4 nitrogen and oxygen atoms in total. The van der Waals surface area contributed by atoms with E-state index >= 15 is 0 Å². The zero-order valence-corrected chi connectivity index (χ0v) is 15.1. The van der Waals surface area contributed by atoms with Gasteiger partial charge < -0.3 is 4.90 Å². The van der Waals surface area contributed by atoms with E-state index in [4.69, 9.17) is 11.6 Å². The third kappa shape index (κ3) is 4.19. The number of carbonyl (C=O) groups is 1. The smallest absolute Gasteiger partial charge is 0.227 e. The van der Waals surface area contributed by atoms with E-state index in [0.29, 0.717) is 23.0 Å². The van der Waals surface area contributed by atoms with E-state index in [9.17, 15) is 13.2 Å². The van der Waals surface area contributed by atoms with Crippen molar-refractivity contribution >= 4 is 33.0 Å². The van der Waals surface area contributed by atoms with Crippen LogP contribution in [-0.4, -0.2) is 26.1 Å². The summed E-state index contributed by atoms with van der Waals surface area (Å²) in [6, 6.07) is 6.57. The lowest BCUT2D eigenvalue weighted by Crippen LogP contribution is -2.42. The Morgan fingerprint density at radius 1 is 1.12 bits per heavy atom. The number of amides is 1. The first-order valence-electron chi connectivity index (χ1n) is 8.43. The summed E-state index contributed by atoms with van der Waals surface area (Å²) >= 11 is 5.94. The number of anilines is 1. The summed E-state index contributed by atoms with van der Waals surface area (Å²) in [6.45, 7) is 0. The van der Waals surface area contributed by atoms with Crippen LogP contribution in [0.3, 0.4) is 0 Å². The zero-order chi connectivity index (χ0) is 17.2. The molecule has 0 N–H and O–H groups in total. The van der Waals surface area contributed by atoms with Crippen LogP contribution in [0.5, 0.6) is 0 Å². The predicted octanol–water partition coefficient (Wildman–Crippen LogP) is 3.95. The highest BCUT2D eigenvalue weighted by molar-refractivity contribution is 7.94. The third-order valence-electron chi connectivity index (χ3n) is 4.80. The number of hydrogen-bond donors (Lipinski definition) is 0. The van der Waals surface area contributed by atoms with Crippen molar-refractivity contribution < 1.29 is 13.2 Å². The van der Waals surface area contributed by atoms with Gasteiger partial charge in [0.1, 0.15) is 0 Å². The first-order valence-corrected chi connectivity index (χ1v) is 10.5. The summed E-state index contributed by atoms with van der Waals surface area (Å²) in [5, 5.41) is 1.81. The average molecular weight is 368 g/mol. The fraction of sp³-hybridized carbons (Fsp3) is 0.500. The van der Waals surface area contributed by atoms with Crippen molar-refractivity contribution in [1.82, 2.24) is 0 Å². The molecular weight excluding hydrogens is 346 g/mol. The normalized spacial score (nSPS) is 23.3. The Morgan fingerprint density at radius 2 is 1.79 bits per heavy atom. The molecule has 1 saturated carbocycles. The Hall–Kier alpha value is -1.33. The topological polar surface area (TPSA) is 54.5 Å². The van der Waals surface area contributed by atoms with Gasteiger partial charge in [-0.2, -0.15) is 0 Å². The Bertz CT molecular complexity index is 721. The van der Waals surface area contributed by atoms with Crippen molar-refractivity contribution in [2.24, 2.45) is 5.92 Å². The fourth-order valence-electron chi connectivity index (χ4n) is 3.58. The minimum atomic E-state index is -3.22. The first-order chi connectivity index (χ1) is 11.4. The standard InChI is InChI=1S/C18H22ClNO3S/c19-15-6-8-16(9-7-15)20(17-10-11-24(22,23)13-17)18(21)12-14-4-2-1-3-5-14/h6-11,14,17H,1-5,12-13H2/t17-/m1/s1. The van der Waals surface area contributed by atoms with E-state index in [-0.39, 0.29) is 11.7 Å². The van der Waals surface area contributed by atoms with E-state index in [0.717, 1.165) is 12.8 Å². The van der Waals surface area contributed by atoms with Crippen LogP contribution in [0.1, 0.15) is 38.5 Å². The average Bonchev–Trinajstić information content (AvgIpc) is 2.90. The van der Waals surface area contributed by atoms with Crippen molar-refractivity contribution in [2.45, 2.75) is 44.6 Å². The van der Waals surface area contributed by atoms with Gasteiger partial charge in [0.2, 0.25) is 5.91 Å². The summed E-state index contributed by atoms with van der Waals surface area (Å²) in [5.41, 5.74) is 0.701. The number of hydrogen-bond acceptors (Lipinski definition) is 3. The molecule has 0 unspecified atom stereocenters. The van der Waals surface area contributed by atoms with Gasteiger partial charge in [0.05, 0.1) is 11.8 Å². The van der Waals surface area contributed by atoms with Gasteiger partial charge >= 0.3 is 0 Å². The molecule has 6 heteroatoms. The molecule has 1 atom stereocenters. The molecule has 2 aliphatic rings. The molecule has 0 spiro atoms. The highest BCUT2D eigenvalue weighted by atomic mass is 35.5. The molecule has 0 aromatic heterocycles. The Balaban J connectivity index is 1.82. The Labute approximate surface area is 148 Å². The largest absolute Gasteiger partial charge is 0.304 e. The molecule has 1 amide bonds. The van der Waals surface area contributed by atoms with E-state index in [2.05, 4.69) is 0 Å². The predicted molar refractivity (Wildman–Crippen MR) is 96.8 cm³/mol. The maximum atomic E-state index is 13.0. The number of nitrogens with zero attached hydrogens (tertiary/aromatic N) is 1. The second-order valence-electron chi connectivity index (χ2n) is 6.67. The summed E-state index contributed by atoms with van der Waals surface area (Å²) in [5.74, 6) is 0.352. The van der Waals surface area contributed by atoms with Crippen LogP contribution in [0.2, 0.25) is 5.02 Å². The van der Waals surface area contributed by atoms with Gasteiger partial charge in [0, 0.05) is 22.5 Å². The lowest BCUT2D eigenvalue weighted by Gasteiger charge is -2.30. The van der Waals surface area contributed by atoms with Crippen molar-refractivity contribution in [3.05, 3.63) is 40.8 Å². The van der Waals surface area contributed by atoms with E-state index in [1.807, 2.05) is 0 Å². The Morgan fingerprint density at radius 3 is 2.38 bits per heavy atom. The van der Waals surface area contributed by atoms with Crippen LogP contribution in [-0.2, 0) is 14.6 Å². The molecule has 1 aliphatic heterocycles. The summed E-state index contributed by atoms with van der Waals surface area (Å²) in [4.78, 5) is 14.6. The van der Waals surface area contributed by atoms with Gasteiger partial charge in [-0.15, -0.1) is 0 Å².